The van der Waals surface area contributed by atoms with Crippen LogP contribution in [0.1, 0.15) is 91.9 Å². The molecule has 0 heterocycles. The van der Waals surface area contributed by atoms with Gasteiger partial charge in [0.2, 0.25) is 0 Å². The van der Waals surface area contributed by atoms with Gasteiger partial charge in [0.05, 0.1) is 12.5 Å². The van der Waals surface area contributed by atoms with Crippen molar-refractivity contribution >= 4 is 17.9 Å². The molecule has 3 atom stereocenters. The Balaban J connectivity index is 4.82. The summed E-state index contributed by atoms with van der Waals surface area (Å²) < 4.78 is -0.571. The van der Waals surface area contributed by atoms with E-state index in [4.69, 9.17) is 0 Å². The van der Waals surface area contributed by atoms with Crippen LogP contribution in [-0.4, -0.2) is 57.3 Å². The Morgan fingerprint density at radius 2 is 1.20 bits per heavy atom. The first-order chi connectivity index (χ1) is 14.1. The highest BCUT2D eigenvalue weighted by molar-refractivity contribution is 5.76. The monoisotopic (exact) mass is 427 g/mol. The normalized spacial score (nSPS) is 16.7. The van der Waals surface area contributed by atoms with Gasteiger partial charge in [0.15, 0.2) is 12.1 Å². The van der Waals surface area contributed by atoms with Gasteiger partial charge in [-0.2, -0.15) is 0 Å². The van der Waals surface area contributed by atoms with Crippen molar-refractivity contribution in [3.63, 3.8) is 0 Å². The van der Waals surface area contributed by atoms with Gasteiger partial charge in [0.1, 0.15) is 6.04 Å². The minimum Gasteiger partial charge on any atom is -0.544 e. The van der Waals surface area contributed by atoms with Crippen LogP contribution < -0.4 is 5.11 Å². The molecule has 30 heavy (non-hydrogen) atoms. The minimum atomic E-state index is -1.44. The van der Waals surface area contributed by atoms with E-state index in [2.05, 4.69) is 13.0 Å². The van der Waals surface area contributed by atoms with E-state index in [1.807, 2.05) is 6.08 Å². The standard InChI is InChI=1S/C23H41NO6/c1-5-6-7-8-9-10-11-12-13-14-15-16-17-24(18(2)21(25)26,19(3)22(27)28)20(4)23(29)30/h13-14,18-20H,5-12,15-17H2,1-4H3,(H2-,25,26,27,28,29,30)/b14-13+. The number of aliphatic carboxylic acids is 3. The summed E-state index contributed by atoms with van der Waals surface area (Å²) in [5.41, 5.74) is 0. The van der Waals surface area contributed by atoms with Gasteiger partial charge in [-0.15, -0.1) is 0 Å². The average Bonchev–Trinajstić information content (AvgIpc) is 2.70. The third-order valence-electron chi connectivity index (χ3n) is 6.28. The lowest BCUT2D eigenvalue weighted by atomic mass is 10.0. The zero-order chi connectivity index (χ0) is 23.2. The molecule has 0 bridgehead atoms. The largest absolute Gasteiger partial charge is 0.544 e. The molecule has 7 nitrogen and oxygen atoms in total. The fourth-order valence-electron chi connectivity index (χ4n) is 4.13. The predicted molar refractivity (Wildman–Crippen MR) is 115 cm³/mol. The first kappa shape index (κ1) is 28.1. The van der Waals surface area contributed by atoms with Crippen molar-refractivity contribution in [3.8, 4) is 0 Å². The number of nitrogens with zero attached hydrogens (tertiary/aromatic N) is 1. The Hall–Kier alpha value is -1.89. The highest BCUT2D eigenvalue weighted by Crippen LogP contribution is 2.27. The number of carbonyl (C=O) groups excluding carboxylic acids is 1. The molecule has 0 fully saturated rings. The number of carbonyl (C=O) groups is 3. The third-order valence-corrected chi connectivity index (χ3v) is 6.28. The SMILES string of the molecule is CCCCCCCCC/C=C/CCC[N+](C(C)C(=O)[O-])(C(C)C(=O)O)C(C)C(=O)O. The Morgan fingerprint density at radius 3 is 1.63 bits per heavy atom. The zero-order valence-electron chi connectivity index (χ0n) is 19.1. The van der Waals surface area contributed by atoms with Crippen LogP contribution in [0.3, 0.4) is 0 Å². The van der Waals surface area contributed by atoms with Gasteiger partial charge in [0, 0.05) is 6.42 Å². The van der Waals surface area contributed by atoms with Crippen molar-refractivity contribution in [2.45, 2.75) is 110 Å². The smallest absolute Gasteiger partial charge is 0.362 e. The van der Waals surface area contributed by atoms with Gasteiger partial charge in [-0.05, 0) is 40.0 Å². The summed E-state index contributed by atoms with van der Waals surface area (Å²) in [6.07, 6.45) is 15.0. The molecule has 0 radical (unpaired) electrons. The molecule has 7 heteroatoms. The van der Waals surface area contributed by atoms with Crippen LogP contribution in [0.25, 0.3) is 0 Å². The van der Waals surface area contributed by atoms with Gasteiger partial charge in [-0.1, -0.05) is 57.6 Å². The lowest BCUT2D eigenvalue weighted by molar-refractivity contribution is -0.969. The fraction of sp³-hybridized carbons (Fsp3) is 0.783. The quantitative estimate of drug-likeness (QED) is 0.197. The molecule has 0 rings (SSSR count). The first-order valence-corrected chi connectivity index (χ1v) is 11.3. The summed E-state index contributed by atoms with van der Waals surface area (Å²) in [6.45, 7) is 6.43. The number of carboxylic acid groups (broad SMARTS) is 3. The topological polar surface area (TPSA) is 115 Å². The van der Waals surface area contributed by atoms with Crippen molar-refractivity contribution in [1.82, 2.24) is 0 Å². The molecule has 0 amide bonds. The van der Waals surface area contributed by atoms with Crippen LogP contribution >= 0.6 is 0 Å². The van der Waals surface area contributed by atoms with Crippen LogP contribution in [0.4, 0.5) is 0 Å². The molecule has 0 aromatic carbocycles. The molecule has 0 aliphatic rings. The molecular weight excluding hydrogens is 386 g/mol. The molecular formula is C23H41NO6. The predicted octanol–water partition coefficient (Wildman–Crippen LogP) is 3.36. The summed E-state index contributed by atoms with van der Waals surface area (Å²) in [5.74, 6) is -3.87. The molecule has 0 aromatic heterocycles. The van der Waals surface area contributed by atoms with E-state index >= 15 is 0 Å². The number of hydrogen-bond acceptors (Lipinski definition) is 4. The Labute approximate surface area is 181 Å². The Morgan fingerprint density at radius 1 is 0.767 bits per heavy atom. The summed E-state index contributed by atoms with van der Waals surface area (Å²) in [6, 6.07) is -3.61. The zero-order valence-corrected chi connectivity index (χ0v) is 19.1. The van der Waals surface area contributed by atoms with Gasteiger partial charge in [-0.3, -0.25) is 4.48 Å². The van der Waals surface area contributed by atoms with E-state index in [1.54, 1.807) is 0 Å². The van der Waals surface area contributed by atoms with Gasteiger partial charge >= 0.3 is 11.9 Å². The van der Waals surface area contributed by atoms with Crippen LogP contribution in [0.5, 0.6) is 0 Å². The number of hydrogen-bond donors (Lipinski definition) is 2. The third kappa shape index (κ3) is 8.86. The maximum atomic E-state index is 11.7. The molecule has 0 aromatic rings. The van der Waals surface area contributed by atoms with Crippen LogP contribution in [0, 0.1) is 0 Å². The van der Waals surface area contributed by atoms with E-state index < -0.39 is 40.5 Å². The molecule has 0 saturated heterocycles. The molecule has 0 spiro atoms. The summed E-state index contributed by atoms with van der Waals surface area (Å²) in [7, 11) is 0. The van der Waals surface area contributed by atoms with Gasteiger partial charge in [-0.25, -0.2) is 9.59 Å². The van der Waals surface area contributed by atoms with Crippen molar-refractivity contribution in [2.75, 3.05) is 6.54 Å². The van der Waals surface area contributed by atoms with Crippen molar-refractivity contribution in [3.05, 3.63) is 12.2 Å². The average molecular weight is 428 g/mol. The van der Waals surface area contributed by atoms with Crippen molar-refractivity contribution in [2.24, 2.45) is 0 Å². The molecule has 0 aliphatic carbocycles. The van der Waals surface area contributed by atoms with Gasteiger partial charge in [0.25, 0.3) is 0 Å². The van der Waals surface area contributed by atoms with E-state index in [-0.39, 0.29) is 6.54 Å². The number of quaternary nitrogens is 1. The van der Waals surface area contributed by atoms with E-state index in [0.29, 0.717) is 12.8 Å². The molecule has 0 aliphatic heterocycles. The molecule has 2 N–H and O–H groups in total. The maximum absolute atomic E-state index is 11.7. The highest BCUT2D eigenvalue weighted by Gasteiger charge is 2.50. The Kier molecular flexibility index (Phi) is 14.0. The number of carboxylic acids is 3. The number of allylic oxidation sites excluding steroid dienone is 2. The van der Waals surface area contributed by atoms with E-state index in [0.717, 1.165) is 12.8 Å². The first-order valence-electron chi connectivity index (χ1n) is 11.3. The second-order valence-corrected chi connectivity index (χ2v) is 8.27. The number of unbranched alkanes of at least 4 members (excludes halogenated alkanes) is 8. The van der Waals surface area contributed by atoms with E-state index in [1.165, 1.54) is 59.3 Å². The highest BCUT2D eigenvalue weighted by atomic mass is 16.4. The van der Waals surface area contributed by atoms with Gasteiger partial charge < -0.3 is 20.1 Å². The van der Waals surface area contributed by atoms with Crippen molar-refractivity contribution in [1.29, 1.82) is 0 Å². The minimum absolute atomic E-state index is 0.137. The lowest BCUT2D eigenvalue weighted by Gasteiger charge is -2.49. The van der Waals surface area contributed by atoms with Crippen molar-refractivity contribution < 1.29 is 34.2 Å². The maximum Gasteiger partial charge on any atom is 0.362 e. The van der Waals surface area contributed by atoms with Crippen LogP contribution in [-0.2, 0) is 14.4 Å². The molecule has 3 unspecified atom stereocenters. The molecule has 174 valence electrons. The van der Waals surface area contributed by atoms with E-state index in [9.17, 15) is 29.7 Å². The Bertz CT molecular complexity index is 510. The summed E-state index contributed by atoms with van der Waals surface area (Å²) in [4.78, 5) is 35.0. The number of rotatable bonds is 18. The summed E-state index contributed by atoms with van der Waals surface area (Å²) in [5, 5.41) is 30.7. The van der Waals surface area contributed by atoms with Crippen LogP contribution in [0.15, 0.2) is 12.2 Å². The van der Waals surface area contributed by atoms with Crippen LogP contribution in [0.2, 0.25) is 0 Å². The second-order valence-electron chi connectivity index (χ2n) is 8.27. The molecule has 0 saturated carbocycles. The fourth-order valence-corrected chi connectivity index (χ4v) is 4.13. The lowest BCUT2D eigenvalue weighted by Crippen LogP contribution is -2.71. The second kappa shape index (κ2) is 15.0. The summed E-state index contributed by atoms with van der Waals surface area (Å²) >= 11 is 0.